The van der Waals surface area contributed by atoms with Crippen molar-refractivity contribution in [2.45, 2.75) is 6.54 Å². The van der Waals surface area contributed by atoms with E-state index in [2.05, 4.69) is 15.3 Å². The van der Waals surface area contributed by atoms with Crippen molar-refractivity contribution in [1.82, 2.24) is 19.9 Å². The van der Waals surface area contributed by atoms with E-state index in [1.165, 1.54) is 0 Å². The highest BCUT2D eigenvalue weighted by Crippen LogP contribution is 2.32. The first-order valence-corrected chi connectivity index (χ1v) is 7.41. The zero-order valence-corrected chi connectivity index (χ0v) is 12.7. The number of rotatable bonds is 4. The number of pyridine rings is 1. The van der Waals surface area contributed by atoms with Crippen molar-refractivity contribution < 1.29 is 14.3 Å². The van der Waals surface area contributed by atoms with Crippen LogP contribution in [0.1, 0.15) is 15.9 Å². The minimum atomic E-state index is -0.170. The van der Waals surface area contributed by atoms with Crippen LogP contribution in [0.4, 0.5) is 0 Å². The summed E-state index contributed by atoms with van der Waals surface area (Å²) >= 11 is 0. The summed E-state index contributed by atoms with van der Waals surface area (Å²) in [6.07, 6.45) is 6.67. The lowest BCUT2D eigenvalue weighted by molar-refractivity contribution is 0.0950. The summed E-state index contributed by atoms with van der Waals surface area (Å²) in [5.41, 5.74) is 1.48. The van der Waals surface area contributed by atoms with Gasteiger partial charge >= 0.3 is 0 Å². The van der Waals surface area contributed by atoms with Crippen molar-refractivity contribution in [1.29, 1.82) is 0 Å². The molecule has 7 heteroatoms. The molecular weight excluding hydrogens is 308 g/mol. The van der Waals surface area contributed by atoms with Gasteiger partial charge in [-0.15, -0.1) is 0 Å². The van der Waals surface area contributed by atoms with Crippen LogP contribution in [0.2, 0.25) is 0 Å². The normalized spacial score (nSPS) is 12.2. The maximum Gasteiger partial charge on any atom is 0.251 e. The van der Waals surface area contributed by atoms with Crippen LogP contribution in [-0.4, -0.2) is 27.2 Å². The third-order valence-electron chi connectivity index (χ3n) is 3.67. The number of aromatic nitrogens is 3. The van der Waals surface area contributed by atoms with Gasteiger partial charge in [0.05, 0.1) is 0 Å². The largest absolute Gasteiger partial charge is 0.454 e. The van der Waals surface area contributed by atoms with Crippen LogP contribution in [0.3, 0.4) is 0 Å². The lowest BCUT2D eigenvalue weighted by Gasteiger charge is -2.08. The van der Waals surface area contributed by atoms with Crippen molar-refractivity contribution in [3.05, 3.63) is 66.4 Å². The molecule has 3 heterocycles. The minimum absolute atomic E-state index is 0.170. The summed E-state index contributed by atoms with van der Waals surface area (Å²) in [4.78, 5) is 20.6. The first-order valence-electron chi connectivity index (χ1n) is 7.41. The average molecular weight is 322 g/mol. The molecule has 0 aliphatic carbocycles. The molecule has 4 rings (SSSR count). The van der Waals surface area contributed by atoms with Crippen LogP contribution in [0.25, 0.3) is 5.82 Å². The third-order valence-corrected chi connectivity index (χ3v) is 3.67. The molecule has 0 fully saturated rings. The number of nitrogens with zero attached hydrogens (tertiary/aromatic N) is 3. The molecule has 1 amide bonds. The van der Waals surface area contributed by atoms with E-state index in [1.54, 1.807) is 41.6 Å². The second kappa shape index (κ2) is 6.04. The van der Waals surface area contributed by atoms with Gasteiger partial charge in [-0.2, -0.15) is 0 Å². The molecule has 0 saturated heterocycles. The van der Waals surface area contributed by atoms with E-state index < -0.39 is 0 Å². The molecule has 0 saturated carbocycles. The number of nitrogens with one attached hydrogen (secondary N) is 1. The van der Waals surface area contributed by atoms with Crippen LogP contribution < -0.4 is 14.8 Å². The number of benzene rings is 1. The lowest BCUT2D eigenvalue weighted by atomic mass is 10.2. The summed E-state index contributed by atoms with van der Waals surface area (Å²) in [6.45, 7) is 0.636. The minimum Gasteiger partial charge on any atom is -0.454 e. The number of hydrogen-bond donors (Lipinski definition) is 1. The van der Waals surface area contributed by atoms with Crippen LogP contribution >= 0.6 is 0 Å². The summed E-state index contributed by atoms with van der Waals surface area (Å²) in [6, 6.07) is 9.00. The van der Waals surface area contributed by atoms with Gasteiger partial charge in [-0.1, -0.05) is 6.07 Å². The van der Waals surface area contributed by atoms with Gasteiger partial charge in [-0.25, -0.2) is 9.97 Å². The molecule has 0 unspecified atom stereocenters. The molecule has 0 radical (unpaired) electrons. The molecule has 1 N–H and O–H groups in total. The first kappa shape index (κ1) is 14.3. The number of fused-ring (bicyclic) bond motifs is 1. The van der Waals surface area contributed by atoms with Gasteiger partial charge in [0.25, 0.3) is 5.91 Å². The standard InChI is InChI=1S/C17H14N4O3/c22-17(13-3-4-19-16(8-13)21-6-5-18-10-21)20-9-12-1-2-14-15(7-12)24-11-23-14/h1-8,10H,9,11H2,(H,20,22). The van der Waals surface area contributed by atoms with Crippen molar-refractivity contribution in [2.75, 3.05) is 6.79 Å². The fourth-order valence-corrected chi connectivity index (χ4v) is 2.43. The second-order valence-electron chi connectivity index (χ2n) is 5.24. The summed E-state index contributed by atoms with van der Waals surface area (Å²) in [5.74, 6) is 1.90. The quantitative estimate of drug-likeness (QED) is 0.794. The van der Waals surface area contributed by atoms with Crippen molar-refractivity contribution in [2.24, 2.45) is 0 Å². The van der Waals surface area contributed by atoms with E-state index in [-0.39, 0.29) is 12.7 Å². The van der Waals surface area contributed by atoms with Crippen LogP contribution in [0.15, 0.2) is 55.2 Å². The molecule has 3 aromatic rings. The Morgan fingerprint density at radius 2 is 2.08 bits per heavy atom. The number of hydrogen-bond acceptors (Lipinski definition) is 5. The summed E-state index contributed by atoms with van der Waals surface area (Å²) < 4.78 is 12.4. The van der Waals surface area contributed by atoms with Crippen LogP contribution in [0.5, 0.6) is 11.5 Å². The Morgan fingerprint density at radius 3 is 2.96 bits per heavy atom. The highest BCUT2D eigenvalue weighted by Gasteiger charge is 2.14. The Labute approximate surface area is 137 Å². The topological polar surface area (TPSA) is 78.3 Å². The van der Waals surface area contributed by atoms with Gasteiger partial charge in [0.2, 0.25) is 6.79 Å². The molecule has 0 atom stereocenters. The monoisotopic (exact) mass is 322 g/mol. The third kappa shape index (κ3) is 2.79. The molecule has 1 aromatic carbocycles. The number of carbonyl (C=O) groups is 1. The number of carbonyl (C=O) groups excluding carboxylic acids is 1. The van der Waals surface area contributed by atoms with Crippen molar-refractivity contribution in [3.8, 4) is 17.3 Å². The number of amides is 1. The zero-order chi connectivity index (χ0) is 16.4. The zero-order valence-electron chi connectivity index (χ0n) is 12.7. The van der Waals surface area contributed by atoms with Gasteiger partial charge in [-0.3, -0.25) is 9.36 Å². The molecule has 2 aromatic heterocycles. The molecule has 0 spiro atoms. The molecule has 24 heavy (non-hydrogen) atoms. The van der Waals surface area contributed by atoms with Crippen molar-refractivity contribution >= 4 is 5.91 Å². The second-order valence-corrected chi connectivity index (χ2v) is 5.24. The number of ether oxygens (including phenoxy) is 2. The van der Waals surface area contributed by atoms with E-state index in [1.807, 2.05) is 18.2 Å². The molecule has 7 nitrogen and oxygen atoms in total. The van der Waals surface area contributed by atoms with Crippen LogP contribution in [0, 0.1) is 0 Å². The Kier molecular flexibility index (Phi) is 3.59. The average Bonchev–Trinajstić information content (AvgIpc) is 3.30. The van der Waals surface area contributed by atoms with Gasteiger partial charge in [0.15, 0.2) is 11.5 Å². The highest BCUT2D eigenvalue weighted by molar-refractivity contribution is 5.94. The predicted octanol–water partition coefficient (Wildman–Crippen LogP) is 1.93. The fourth-order valence-electron chi connectivity index (χ4n) is 2.43. The summed E-state index contributed by atoms with van der Waals surface area (Å²) in [7, 11) is 0. The molecule has 1 aliphatic heterocycles. The van der Waals surface area contributed by atoms with E-state index in [0.29, 0.717) is 23.7 Å². The predicted molar refractivity (Wildman–Crippen MR) is 85.1 cm³/mol. The molecule has 1 aliphatic rings. The lowest BCUT2D eigenvalue weighted by Crippen LogP contribution is -2.23. The van der Waals surface area contributed by atoms with Crippen LogP contribution in [-0.2, 0) is 6.54 Å². The van der Waals surface area contributed by atoms with E-state index in [4.69, 9.17) is 9.47 Å². The summed E-state index contributed by atoms with van der Waals surface area (Å²) in [5, 5.41) is 2.89. The van der Waals surface area contributed by atoms with E-state index in [0.717, 1.165) is 11.3 Å². The Hall–Kier alpha value is -3.35. The Morgan fingerprint density at radius 1 is 1.17 bits per heavy atom. The molecule has 120 valence electrons. The number of imidazole rings is 1. The van der Waals surface area contributed by atoms with Gasteiger partial charge in [0.1, 0.15) is 12.1 Å². The maximum atomic E-state index is 12.4. The van der Waals surface area contributed by atoms with E-state index in [9.17, 15) is 4.79 Å². The van der Waals surface area contributed by atoms with Gasteiger partial charge in [0, 0.05) is 30.7 Å². The molecule has 0 bridgehead atoms. The maximum absolute atomic E-state index is 12.4. The SMILES string of the molecule is O=C(NCc1ccc2c(c1)OCO2)c1ccnc(-n2ccnc2)c1. The first-order chi connectivity index (χ1) is 11.8. The Balaban J connectivity index is 1.46. The molecular formula is C17H14N4O3. The van der Waals surface area contributed by atoms with Gasteiger partial charge < -0.3 is 14.8 Å². The fraction of sp³-hybridized carbons (Fsp3) is 0.118. The highest BCUT2D eigenvalue weighted by atomic mass is 16.7. The van der Waals surface area contributed by atoms with E-state index >= 15 is 0 Å². The smallest absolute Gasteiger partial charge is 0.251 e. The van der Waals surface area contributed by atoms with Gasteiger partial charge in [-0.05, 0) is 29.8 Å². The van der Waals surface area contributed by atoms with Crippen molar-refractivity contribution in [3.63, 3.8) is 0 Å². The Bertz CT molecular complexity index is 877.